The normalized spacial score (nSPS) is 11.5. The van der Waals surface area contributed by atoms with Crippen LogP contribution in [0.2, 0.25) is 0 Å². The van der Waals surface area contributed by atoms with E-state index in [-0.39, 0.29) is 0 Å². The van der Waals surface area contributed by atoms with Gasteiger partial charge in [-0.25, -0.2) is 10.4 Å². The smallest absolute Gasteiger partial charge is 0.222 e. The topological polar surface area (TPSA) is 71.5 Å². The third kappa shape index (κ3) is 3.11. The number of hydrogen-bond acceptors (Lipinski definition) is 5. The SMILES string of the molecule is COc1ccc(/C(C)=N\Nc2nc3ccccc3[nH]2)cc1OC. The van der Waals surface area contributed by atoms with E-state index in [4.69, 9.17) is 9.47 Å². The summed E-state index contributed by atoms with van der Waals surface area (Å²) in [5.74, 6) is 1.96. The summed E-state index contributed by atoms with van der Waals surface area (Å²) in [6, 6.07) is 13.5. The Kier molecular flexibility index (Phi) is 4.14. The minimum Gasteiger partial charge on any atom is -0.493 e. The summed E-state index contributed by atoms with van der Waals surface area (Å²) in [5, 5.41) is 4.37. The standard InChI is InChI=1S/C17H18N4O2/c1-11(12-8-9-15(22-2)16(10-12)23-3)20-21-17-18-13-6-4-5-7-14(13)19-17/h4-10H,1-3H3,(H2,18,19,21)/b20-11-. The highest BCUT2D eigenvalue weighted by Gasteiger charge is 2.07. The summed E-state index contributed by atoms with van der Waals surface area (Å²) in [6.45, 7) is 1.91. The lowest BCUT2D eigenvalue weighted by Gasteiger charge is -2.09. The van der Waals surface area contributed by atoms with Crippen molar-refractivity contribution in [2.75, 3.05) is 19.6 Å². The summed E-state index contributed by atoms with van der Waals surface area (Å²) >= 11 is 0. The Bertz CT molecular complexity index is 822. The molecule has 0 unspecified atom stereocenters. The maximum atomic E-state index is 5.31. The zero-order valence-corrected chi connectivity index (χ0v) is 13.3. The van der Waals surface area contributed by atoms with Gasteiger partial charge in [0.1, 0.15) is 0 Å². The Morgan fingerprint density at radius 3 is 2.61 bits per heavy atom. The van der Waals surface area contributed by atoms with Crippen LogP contribution in [0.4, 0.5) is 5.95 Å². The maximum Gasteiger partial charge on any atom is 0.222 e. The molecule has 0 saturated heterocycles. The number of hydrogen-bond donors (Lipinski definition) is 2. The number of aromatic nitrogens is 2. The van der Waals surface area contributed by atoms with E-state index in [1.807, 2.05) is 49.4 Å². The Labute approximate surface area is 134 Å². The summed E-state index contributed by atoms with van der Waals surface area (Å²) in [5.41, 5.74) is 6.56. The summed E-state index contributed by atoms with van der Waals surface area (Å²) in [4.78, 5) is 7.59. The fraction of sp³-hybridized carbons (Fsp3) is 0.176. The van der Waals surface area contributed by atoms with Crippen molar-refractivity contribution in [3.05, 3.63) is 48.0 Å². The molecule has 1 heterocycles. The van der Waals surface area contributed by atoms with Crippen LogP contribution in [0.15, 0.2) is 47.6 Å². The number of imidazole rings is 1. The predicted molar refractivity (Wildman–Crippen MR) is 91.5 cm³/mol. The molecule has 3 rings (SSSR count). The fourth-order valence-electron chi connectivity index (χ4n) is 2.27. The van der Waals surface area contributed by atoms with Crippen LogP contribution in [-0.4, -0.2) is 29.9 Å². The third-order valence-corrected chi connectivity index (χ3v) is 3.52. The van der Waals surface area contributed by atoms with Crippen LogP contribution in [0, 0.1) is 0 Å². The molecule has 0 amide bonds. The largest absolute Gasteiger partial charge is 0.493 e. The molecule has 0 radical (unpaired) electrons. The van der Waals surface area contributed by atoms with Gasteiger partial charge in [-0.15, -0.1) is 0 Å². The van der Waals surface area contributed by atoms with Gasteiger partial charge in [-0.05, 0) is 37.3 Å². The van der Waals surface area contributed by atoms with E-state index < -0.39 is 0 Å². The number of nitrogens with zero attached hydrogens (tertiary/aromatic N) is 2. The van der Waals surface area contributed by atoms with Gasteiger partial charge >= 0.3 is 0 Å². The first-order chi connectivity index (χ1) is 11.2. The quantitative estimate of drug-likeness (QED) is 0.559. The van der Waals surface area contributed by atoms with E-state index in [0.29, 0.717) is 17.4 Å². The molecule has 0 atom stereocenters. The van der Waals surface area contributed by atoms with Gasteiger partial charge in [0.15, 0.2) is 11.5 Å². The second-order valence-corrected chi connectivity index (χ2v) is 4.98. The van der Waals surface area contributed by atoms with E-state index in [1.165, 1.54) is 0 Å². The van der Waals surface area contributed by atoms with Crippen molar-refractivity contribution in [3.8, 4) is 11.5 Å². The molecule has 6 nitrogen and oxygen atoms in total. The number of anilines is 1. The van der Waals surface area contributed by atoms with Gasteiger partial charge in [-0.3, -0.25) is 0 Å². The number of benzene rings is 2. The lowest BCUT2D eigenvalue weighted by molar-refractivity contribution is 0.355. The van der Waals surface area contributed by atoms with Crippen LogP contribution in [0.3, 0.4) is 0 Å². The van der Waals surface area contributed by atoms with Crippen molar-refractivity contribution < 1.29 is 9.47 Å². The number of H-pyrrole nitrogens is 1. The second kappa shape index (κ2) is 6.39. The van der Waals surface area contributed by atoms with Crippen molar-refractivity contribution in [3.63, 3.8) is 0 Å². The van der Waals surface area contributed by atoms with Crippen LogP contribution in [-0.2, 0) is 0 Å². The molecule has 118 valence electrons. The van der Waals surface area contributed by atoms with Crippen molar-refractivity contribution >= 4 is 22.7 Å². The Balaban J connectivity index is 1.81. The minimum absolute atomic E-state index is 0.603. The van der Waals surface area contributed by atoms with Crippen molar-refractivity contribution in [1.82, 2.24) is 9.97 Å². The van der Waals surface area contributed by atoms with Gasteiger partial charge in [0, 0.05) is 5.56 Å². The molecule has 1 aromatic heterocycles. The van der Waals surface area contributed by atoms with Crippen molar-refractivity contribution in [2.45, 2.75) is 6.92 Å². The second-order valence-electron chi connectivity index (χ2n) is 4.98. The minimum atomic E-state index is 0.603. The average molecular weight is 310 g/mol. The van der Waals surface area contributed by atoms with E-state index in [0.717, 1.165) is 22.3 Å². The molecule has 2 N–H and O–H groups in total. The van der Waals surface area contributed by atoms with E-state index in [1.54, 1.807) is 14.2 Å². The Morgan fingerprint density at radius 1 is 1.09 bits per heavy atom. The van der Waals surface area contributed by atoms with Gasteiger partial charge in [0.2, 0.25) is 5.95 Å². The monoisotopic (exact) mass is 310 g/mol. The summed E-state index contributed by atoms with van der Waals surface area (Å²) in [6.07, 6.45) is 0. The van der Waals surface area contributed by atoms with Gasteiger partial charge in [-0.1, -0.05) is 12.1 Å². The molecule has 0 bridgehead atoms. The van der Waals surface area contributed by atoms with Crippen LogP contribution >= 0.6 is 0 Å². The number of methoxy groups -OCH3 is 2. The molecule has 0 aliphatic rings. The summed E-state index contributed by atoms with van der Waals surface area (Å²) in [7, 11) is 3.22. The van der Waals surface area contributed by atoms with Crippen molar-refractivity contribution in [1.29, 1.82) is 0 Å². The molecule has 2 aromatic carbocycles. The predicted octanol–water partition coefficient (Wildman–Crippen LogP) is 3.42. The van der Waals surface area contributed by atoms with Gasteiger partial charge in [0.25, 0.3) is 0 Å². The van der Waals surface area contributed by atoms with Gasteiger partial charge < -0.3 is 14.5 Å². The fourth-order valence-corrected chi connectivity index (χ4v) is 2.27. The first-order valence-electron chi connectivity index (χ1n) is 7.18. The molecule has 0 aliphatic carbocycles. The molecule has 23 heavy (non-hydrogen) atoms. The highest BCUT2D eigenvalue weighted by molar-refractivity contribution is 5.99. The Hall–Kier alpha value is -3.02. The van der Waals surface area contributed by atoms with Crippen LogP contribution in [0.5, 0.6) is 11.5 Å². The van der Waals surface area contributed by atoms with Crippen LogP contribution < -0.4 is 14.9 Å². The van der Waals surface area contributed by atoms with E-state index in [2.05, 4.69) is 20.5 Å². The molecule has 0 fully saturated rings. The highest BCUT2D eigenvalue weighted by Crippen LogP contribution is 2.27. The van der Waals surface area contributed by atoms with Gasteiger partial charge in [-0.2, -0.15) is 5.10 Å². The first kappa shape index (κ1) is 14.9. The van der Waals surface area contributed by atoms with Gasteiger partial charge in [0.05, 0.1) is 31.0 Å². The molecular weight excluding hydrogens is 292 g/mol. The lowest BCUT2D eigenvalue weighted by atomic mass is 10.1. The number of hydrazone groups is 1. The lowest BCUT2D eigenvalue weighted by Crippen LogP contribution is -2.01. The van der Waals surface area contributed by atoms with E-state index in [9.17, 15) is 0 Å². The number of nitrogens with one attached hydrogen (secondary N) is 2. The third-order valence-electron chi connectivity index (χ3n) is 3.52. The van der Waals surface area contributed by atoms with Crippen molar-refractivity contribution in [2.24, 2.45) is 5.10 Å². The number of ether oxygens (including phenoxy) is 2. The molecule has 3 aromatic rings. The Morgan fingerprint density at radius 2 is 1.87 bits per heavy atom. The molecule has 0 saturated carbocycles. The first-order valence-corrected chi connectivity index (χ1v) is 7.18. The molecule has 6 heteroatoms. The molecule has 0 spiro atoms. The maximum absolute atomic E-state index is 5.31. The van der Waals surface area contributed by atoms with Crippen LogP contribution in [0.25, 0.3) is 11.0 Å². The van der Waals surface area contributed by atoms with E-state index >= 15 is 0 Å². The zero-order valence-electron chi connectivity index (χ0n) is 13.3. The van der Waals surface area contributed by atoms with Crippen LogP contribution in [0.1, 0.15) is 12.5 Å². The number of para-hydroxylation sites is 2. The zero-order chi connectivity index (χ0) is 16.2. The number of rotatable bonds is 5. The average Bonchev–Trinajstić information content (AvgIpc) is 3.01. The number of aromatic amines is 1. The number of fused-ring (bicyclic) bond motifs is 1. The molecular formula is C17H18N4O2. The molecule has 0 aliphatic heterocycles. The highest BCUT2D eigenvalue weighted by atomic mass is 16.5. The summed E-state index contributed by atoms with van der Waals surface area (Å²) < 4.78 is 10.5.